The summed E-state index contributed by atoms with van der Waals surface area (Å²) >= 11 is 0. The smallest absolute Gasteiger partial charge is 0.295 e. The summed E-state index contributed by atoms with van der Waals surface area (Å²) in [4.78, 5) is 27.6. The van der Waals surface area contributed by atoms with Gasteiger partial charge < -0.3 is 19.5 Å². The Morgan fingerprint density at radius 2 is 1.64 bits per heavy atom. The van der Waals surface area contributed by atoms with Gasteiger partial charge in [-0.3, -0.25) is 9.59 Å². The van der Waals surface area contributed by atoms with E-state index in [4.69, 9.17) is 9.47 Å². The van der Waals surface area contributed by atoms with Crippen LogP contribution in [0.1, 0.15) is 22.7 Å². The number of fused-ring (bicyclic) bond motifs is 1. The molecule has 0 saturated carbocycles. The Kier molecular flexibility index (Phi) is 5.30. The second kappa shape index (κ2) is 8.43. The largest absolute Gasteiger partial charge is 0.507 e. The Morgan fingerprint density at radius 1 is 0.939 bits per heavy atom. The third-order valence-corrected chi connectivity index (χ3v) is 5.74. The zero-order chi connectivity index (χ0) is 22.9. The van der Waals surface area contributed by atoms with Crippen LogP contribution in [0.5, 0.6) is 11.5 Å². The lowest BCUT2D eigenvalue weighted by molar-refractivity contribution is -0.140. The molecule has 5 rings (SSSR count). The monoisotopic (exact) mass is 445 g/mol. The highest BCUT2D eigenvalue weighted by atomic mass is 19.1. The zero-order valence-corrected chi connectivity index (χ0v) is 17.5. The van der Waals surface area contributed by atoms with Crippen molar-refractivity contribution in [3.05, 3.63) is 101 Å². The average Bonchev–Trinajstić information content (AvgIpc) is 3.09. The van der Waals surface area contributed by atoms with Crippen LogP contribution >= 0.6 is 0 Å². The Morgan fingerprint density at radius 3 is 2.36 bits per heavy atom. The highest BCUT2D eigenvalue weighted by molar-refractivity contribution is 6.46. The predicted octanol–water partition coefficient (Wildman–Crippen LogP) is 4.22. The van der Waals surface area contributed by atoms with Gasteiger partial charge in [0.25, 0.3) is 11.7 Å². The molecular weight excluding hydrogens is 425 g/mol. The molecular formula is C26H20FNO5. The van der Waals surface area contributed by atoms with E-state index in [9.17, 15) is 19.1 Å². The van der Waals surface area contributed by atoms with E-state index in [1.165, 1.54) is 29.2 Å². The number of halogens is 1. The first-order valence-electron chi connectivity index (χ1n) is 10.5. The van der Waals surface area contributed by atoms with E-state index in [1.54, 1.807) is 18.2 Å². The molecule has 1 amide bonds. The van der Waals surface area contributed by atoms with Crippen molar-refractivity contribution in [2.24, 2.45) is 0 Å². The molecule has 166 valence electrons. The summed E-state index contributed by atoms with van der Waals surface area (Å²) in [5, 5.41) is 11.2. The second-order valence-corrected chi connectivity index (χ2v) is 7.82. The molecule has 0 aliphatic carbocycles. The van der Waals surface area contributed by atoms with Crippen molar-refractivity contribution in [1.82, 2.24) is 4.90 Å². The summed E-state index contributed by atoms with van der Waals surface area (Å²) in [6.07, 6.45) is 0. The van der Waals surface area contributed by atoms with Gasteiger partial charge in [-0.15, -0.1) is 0 Å². The van der Waals surface area contributed by atoms with Gasteiger partial charge in [0.05, 0.1) is 11.6 Å². The first-order valence-corrected chi connectivity index (χ1v) is 10.5. The first-order chi connectivity index (χ1) is 16.0. The van der Waals surface area contributed by atoms with Crippen molar-refractivity contribution in [2.45, 2.75) is 12.6 Å². The topological polar surface area (TPSA) is 76.1 Å². The number of aliphatic hydroxyl groups is 1. The number of ether oxygens (including phenoxy) is 2. The third kappa shape index (κ3) is 3.82. The van der Waals surface area contributed by atoms with E-state index in [1.807, 2.05) is 30.3 Å². The lowest BCUT2D eigenvalue weighted by Crippen LogP contribution is -2.29. The minimum Gasteiger partial charge on any atom is -0.507 e. The van der Waals surface area contributed by atoms with E-state index in [-0.39, 0.29) is 17.9 Å². The van der Waals surface area contributed by atoms with Crippen LogP contribution in [-0.4, -0.2) is 34.9 Å². The van der Waals surface area contributed by atoms with Crippen LogP contribution in [0.2, 0.25) is 0 Å². The molecule has 2 aliphatic heterocycles. The average molecular weight is 445 g/mol. The van der Waals surface area contributed by atoms with E-state index < -0.39 is 23.5 Å². The molecule has 2 aliphatic rings. The molecule has 1 fully saturated rings. The lowest BCUT2D eigenvalue weighted by Gasteiger charge is -2.25. The predicted molar refractivity (Wildman–Crippen MR) is 118 cm³/mol. The third-order valence-electron chi connectivity index (χ3n) is 5.74. The number of rotatable bonds is 4. The maximum absolute atomic E-state index is 13.6. The van der Waals surface area contributed by atoms with Crippen LogP contribution in [0.4, 0.5) is 4.39 Å². The molecule has 6 nitrogen and oxygen atoms in total. The van der Waals surface area contributed by atoms with Gasteiger partial charge in [0.15, 0.2) is 11.5 Å². The number of ketones is 1. The van der Waals surface area contributed by atoms with Crippen LogP contribution in [0.25, 0.3) is 5.76 Å². The van der Waals surface area contributed by atoms with E-state index >= 15 is 0 Å². The summed E-state index contributed by atoms with van der Waals surface area (Å²) in [5.74, 6) is -1.31. The Balaban J connectivity index is 1.63. The van der Waals surface area contributed by atoms with Gasteiger partial charge in [-0.05, 0) is 41.5 Å². The molecule has 0 unspecified atom stereocenters. The van der Waals surface area contributed by atoms with Crippen molar-refractivity contribution >= 4 is 17.4 Å². The van der Waals surface area contributed by atoms with Gasteiger partial charge in [-0.25, -0.2) is 4.39 Å². The number of Topliss-reactive ketones (excluding diaryl/α,β-unsaturated/α-hetero) is 1. The summed E-state index contributed by atoms with van der Waals surface area (Å²) in [7, 11) is 0. The molecule has 0 radical (unpaired) electrons. The fourth-order valence-corrected chi connectivity index (χ4v) is 4.16. The van der Waals surface area contributed by atoms with Gasteiger partial charge in [0.2, 0.25) is 0 Å². The molecule has 0 bridgehead atoms. The molecule has 33 heavy (non-hydrogen) atoms. The minimum absolute atomic E-state index is 0.0563. The van der Waals surface area contributed by atoms with E-state index in [0.717, 1.165) is 5.56 Å². The Bertz CT molecular complexity index is 1250. The maximum Gasteiger partial charge on any atom is 0.295 e. The Hall–Kier alpha value is -4.13. The van der Waals surface area contributed by atoms with Gasteiger partial charge in [-0.1, -0.05) is 42.5 Å². The van der Waals surface area contributed by atoms with Crippen LogP contribution in [0.3, 0.4) is 0 Å². The quantitative estimate of drug-likeness (QED) is 0.370. The summed E-state index contributed by atoms with van der Waals surface area (Å²) < 4.78 is 24.7. The van der Waals surface area contributed by atoms with Crippen molar-refractivity contribution in [1.29, 1.82) is 0 Å². The number of hydrogen-bond acceptors (Lipinski definition) is 5. The standard InChI is InChI=1S/C26H20FNO5/c27-19-9-6-17(7-10-19)23-22(24(29)18-8-11-20-21(14-18)33-13-12-32-20)25(30)26(31)28(23)15-16-4-2-1-3-5-16/h1-11,14,23,29H,12-13,15H2/t23-/m1/s1. The van der Waals surface area contributed by atoms with Crippen LogP contribution in [0.15, 0.2) is 78.4 Å². The number of carbonyl (C=O) groups is 2. The van der Waals surface area contributed by atoms with Gasteiger partial charge in [-0.2, -0.15) is 0 Å². The van der Waals surface area contributed by atoms with Gasteiger partial charge in [0.1, 0.15) is 24.8 Å². The van der Waals surface area contributed by atoms with Crippen molar-refractivity contribution in [3.63, 3.8) is 0 Å². The molecule has 2 heterocycles. The fourth-order valence-electron chi connectivity index (χ4n) is 4.16. The Labute approximate surface area is 189 Å². The summed E-state index contributed by atoms with van der Waals surface area (Å²) in [6, 6.07) is 18.8. The second-order valence-electron chi connectivity index (χ2n) is 7.82. The molecule has 0 aromatic heterocycles. The van der Waals surface area contributed by atoms with Crippen LogP contribution < -0.4 is 9.47 Å². The van der Waals surface area contributed by atoms with Gasteiger partial charge in [0, 0.05) is 12.1 Å². The summed E-state index contributed by atoms with van der Waals surface area (Å²) in [6.45, 7) is 0.952. The molecule has 7 heteroatoms. The van der Waals surface area contributed by atoms with Crippen molar-refractivity contribution in [3.8, 4) is 11.5 Å². The van der Waals surface area contributed by atoms with E-state index in [2.05, 4.69) is 0 Å². The first kappa shape index (κ1) is 20.8. The van der Waals surface area contributed by atoms with Gasteiger partial charge >= 0.3 is 0 Å². The number of amides is 1. The highest BCUT2D eigenvalue weighted by Crippen LogP contribution is 2.41. The zero-order valence-electron chi connectivity index (χ0n) is 17.5. The molecule has 3 aromatic carbocycles. The van der Waals surface area contributed by atoms with Crippen LogP contribution in [-0.2, 0) is 16.1 Å². The number of hydrogen-bond donors (Lipinski definition) is 1. The molecule has 1 atom stereocenters. The number of aliphatic hydroxyl groups excluding tert-OH is 1. The number of likely N-dealkylation sites (tertiary alicyclic amines) is 1. The normalized spacial score (nSPS) is 19.1. The molecule has 3 aromatic rings. The summed E-state index contributed by atoms with van der Waals surface area (Å²) in [5.41, 5.74) is 1.61. The molecule has 0 spiro atoms. The number of benzene rings is 3. The lowest BCUT2D eigenvalue weighted by atomic mass is 9.95. The molecule has 1 N–H and O–H groups in total. The SMILES string of the molecule is O=C1C(=O)N(Cc2ccccc2)[C@H](c2ccc(F)cc2)C1=C(O)c1ccc2c(c1)OCCO2. The van der Waals surface area contributed by atoms with Crippen LogP contribution in [0, 0.1) is 5.82 Å². The van der Waals surface area contributed by atoms with Crippen molar-refractivity contribution < 1.29 is 28.6 Å². The number of carbonyl (C=O) groups excluding carboxylic acids is 2. The fraction of sp³-hybridized carbons (Fsp3) is 0.154. The maximum atomic E-state index is 13.6. The minimum atomic E-state index is -0.876. The molecule has 1 saturated heterocycles. The van der Waals surface area contributed by atoms with E-state index in [0.29, 0.717) is 35.8 Å². The number of nitrogens with zero attached hydrogens (tertiary/aromatic N) is 1. The highest BCUT2D eigenvalue weighted by Gasteiger charge is 2.46. The van der Waals surface area contributed by atoms with Crippen molar-refractivity contribution in [2.75, 3.05) is 13.2 Å².